The molecule has 0 spiro atoms. The van der Waals surface area contributed by atoms with Gasteiger partial charge < -0.3 is 4.57 Å². The van der Waals surface area contributed by atoms with Crippen molar-refractivity contribution < 1.29 is 0 Å². The van der Waals surface area contributed by atoms with Crippen molar-refractivity contribution in [2.45, 2.75) is 6.92 Å². The molecule has 7 rings (SSSR count). The van der Waals surface area contributed by atoms with Crippen molar-refractivity contribution in [2.24, 2.45) is 0 Å². The van der Waals surface area contributed by atoms with Crippen molar-refractivity contribution in [3.05, 3.63) is 145 Å². The Morgan fingerprint density at radius 3 is 1.89 bits per heavy atom. The van der Waals surface area contributed by atoms with Crippen LogP contribution in [0.4, 0.5) is 0 Å². The van der Waals surface area contributed by atoms with Crippen LogP contribution in [0.3, 0.4) is 0 Å². The van der Waals surface area contributed by atoms with Crippen LogP contribution in [0.25, 0.3) is 61.0 Å². The topological polar surface area (TPSA) is 17.8 Å². The number of fused-ring (bicyclic) bond motifs is 3. The highest BCUT2D eigenvalue weighted by Gasteiger charge is 2.13. The van der Waals surface area contributed by atoms with E-state index < -0.39 is 0 Å². The molecule has 0 aliphatic rings. The molecule has 0 aliphatic heterocycles. The van der Waals surface area contributed by atoms with E-state index in [9.17, 15) is 0 Å². The molecule has 2 aromatic heterocycles. The Morgan fingerprint density at radius 1 is 0.474 bits per heavy atom. The number of aromatic nitrogens is 2. The monoisotopic (exact) mass is 486 g/mol. The van der Waals surface area contributed by atoms with Gasteiger partial charge in [-0.05, 0) is 77.2 Å². The maximum absolute atomic E-state index is 4.60. The van der Waals surface area contributed by atoms with Crippen molar-refractivity contribution in [3.63, 3.8) is 0 Å². The normalized spacial score (nSPS) is 11.3. The second-order valence-electron chi connectivity index (χ2n) is 9.80. The molecular formula is C36H26N2. The highest BCUT2D eigenvalue weighted by atomic mass is 15.0. The molecule has 0 amide bonds. The third-order valence-corrected chi connectivity index (χ3v) is 7.31. The van der Waals surface area contributed by atoms with Gasteiger partial charge in [-0.15, -0.1) is 0 Å². The SMILES string of the molecule is Cc1ccc(-c2cccc(-c3ccc(-c4ccc5c(c4)c4ccccc4n5-c4ccccc4)cc3)c2)nc1. The first-order chi connectivity index (χ1) is 18.7. The van der Waals surface area contributed by atoms with E-state index in [1.54, 1.807) is 0 Å². The van der Waals surface area contributed by atoms with Crippen LogP contribution in [0.15, 0.2) is 140 Å². The molecule has 2 heteroatoms. The zero-order valence-corrected chi connectivity index (χ0v) is 21.2. The molecule has 0 fully saturated rings. The van der Waals surface area contributed by atoms with Gasteiger partial charge in [0.15, 0.2) is 0 Å². The van der Waals surface area contributed by atoms with Gasteiger partial charge in [0, 0.05) is 28.2 Å². The maximum atomic E-state index is 4.60. The van der Waals surface area contributed by atoms with Crippen LogP contribution in [0.1, 0.15) is 5.56 Å². The number of nitrogens with zero attached hydrogens (tertiary/aromatic N) is 2. The van der Waals surface area contributed by atoms with Crippen LogP contribution in [-0.4, -0.2) is 9.55 Å². The number of rotatable bonds is 4. The van der Waals surface area contributed by atoms with Gasteiger partial charge in [0.05, 0.1) is 16.7 Å². The molecule has 0 unspecified atom stereocenters. The van der Waals surface area contributed by atoms with Crippen LogP contribution < -0.4 is 0 Å². The summed E-state index contributed by atoms with van der Waals surface area (Å²) in [6.07, 6.45) is 1.92. The lowest BCUT2D eigenvalue weighted by atomic mass is 9.97. The first-order valence-corrected chi connectivity index (χ1v) is 13.0. The molecule has 7 aromatic rings. The Balaban J connectivity index is 1.27. The van der Waals surface area contributed by atoms with Crippen LogP contribution in [0.5, 0.6) is 0 Å². The molecule has 0 N–H and O–H groups in total. The van der Waals surface area contributed by atoms with Crippen molar-refractivity contribution in [1.82, 2.24) is 9.55 Å². The van der Waals surface area contributed by atoms with Gasteiger partial charge in [0.1, 0.15) is 0 Å². The summed E-state index contributed by atoms with van der Waals surface area (Å²) in [6, 6.07) is 47.8. The summed E-state index contributed by atoms with van der Waals surface area (Å²) in [4.78, 5) is 4.60. The molecule has 0 aliphatic carbocycles. The van der Waals surface area contributed by atoms with Crippen molar-refractivity contribution in [2.75, 3.05) is 0 Å². The zero-order valence-electron chi connectivity index (χ0n) is 21.2. The Bertz CT molecular complexity index is 1890. The van der Waals surface area contributed by atoms with Crippen molar-refractivity contribution in [1.29, 1.82) is 0 Å². The third-order valence-electron chi connectivity index (χ3n) is 7.31. The highest BCUT2D eigenvalue weighted by Crippen LogP contribution is 2.35. The number of hydrogen-bond donors (Lipinski definition) is 0. The Hall–Kier alpha value is -4.95. The van der Waals surface area contributed by atoms with Gasteiger partial charge in [-0.25, -0.2) is 0 Å². The number of pyridine rings is 1. The van der Waals surface area contributed by atoms with Crippen molar-refractivity contribution in [3.8, 4) is 39.2 Å². The standard InChI is InChI=1S/C36H26N2/c1-25-14-20-34(37-24-25)30-9-7-8-28(22-30)26-15-17-27(18-16-26)29-19-21-36-33(23-29)32-12-5-6-13-35(32)38(36)31-10-3-2-4-11-31/h2-24H,1H3. The quantitative estimate of drug-likeness (QED) is 0.242. The summed E-state index contributed by atoms with van der Waals surface area (Å²) in [5.41, 5.74) is 11.7. The molecule has 2 nitrogen and oxygen atoms in total. The van der Waals surface area contributed by atoms with E-state index >= 15 is 0 Å². The fourth-order valence-electron chi connectivity index (χ4n) is 5.36. The minimum Gasteiger partial charge on any atom is -0.309 e. The lowest BCUT2D eigenvalue weighted by molar-refractivity contribution is 1.18. The van der Waals surface area contributed by atoms with E-state index in [1.807, 2.05) is 6.20 Å². The summed E-state index contributed by atoms with van der Waals surface area (Å²) < 4.78 is 2.35. The van der Waals surface area contributed by atoms with Gasteiger partial charge in [-0.2, -0.15) is 0 Å². The minimum absolute atomic E-state index is 0.997. The van der Waals surface area contributed by atoms with E-state index in [-0.39, 0.29) is 0 Å². The lowest BCUT2D eigenvalue weighted by Crippen LogP contribution is -1.92. The van der Waals surface area contributed by atoms with E-state index in [4.69, 9.17) is 0 Å². The summed E-state index contributed by atoms with van der Waals surface area (Å²) in [5, 5.41) is 2.54. The van der Waals surface area contributed by atoms with Gasteiger partial charge in [0.2, 0.25) is 0 Å². The molecule has 0 atom stereocenters. The predicted octanol–water partition coefficient (Wildman–Crippen LogP) is 9.49. The van der Waals surface area contributed by atoms with Gasteiger partial charge in [-0.3, -0.25) is 4.98 Å². The number of benzene rings is 5. The van der Waals surface area contributed by atoms with Crippen LogP contribution >= 0.6 is 0 Å². The molecule has 0 saturated carbocycles. The summed E-state index contributed by atoms with van der Waals surface area (Å²) in [5.74, 6) is 0. The molecule has 2 heterocycles. The fourth-order valence-corrected chi connectivity index (χ4v) is 5.36. The minimum atomic E-state index is 0.997. The predicted molar refractivity (Wildman–Crippen MR) is 160 cm³/mol. The average Bonchev–Trinajstić information content (AvgIpc) is 3.32. The van der Waals surface area contributed by atoms with Gasteiger partial charge >= 0.3 is 0 Å². The molecule has 180 valence electrons. The molecule has 38 heavy (non-hydrogen) atoms. The van der Waals surface area contributed by atoms with Crippen LogP contribution in [-0.2, 0) is 0 Å². The first kappa shape index (κ1) is 22.3. The van der Waals surface area contributed by atoms with Gasteiger partial charge in [0.25, 0.3) is 0 Å². The second kappa shape index (κ2) is 9.17. The molecule has 0 radical (unpaired) electrons. The lowest BCUT2D eigenvalue weighted by Gasteiger charge is -2.09. The van der Waals surface area contributed by atoms with Crippen molar-refractivity contribution >= 4 is 21.8 Å². The summed E-state index contributed by atoms with van der Waals surface area (Å²) >= 11 is 0. The van der Waals surface area contributed by atoms with E-state index in [0.29, 0.717) is 0 Å². The average molecular weight is 487 g/mol. The number of aryl methyl sites for hydroxylation is 1. The number of hydrogen-bond acceptors (Lipinski definition) is 1. The molecule has 5 aromatic carbocycles. The van der Waals surface area contributed by atoms with Gasteiger partial charge in [-0.1, -0.05) is 91.0 Å². The Labute approximate surface area is 222 Å². The fraction of sp³-hybridized carbons (Fsp3) is 0.0278. The Morgan fingerprint density at radius 2 is 1.13 bits per heavy atom. The van der Waals surface area contributed by atoms with E-state index in [1.165, 1.54) is 55.3 Å². The molecule has 0 bridgehead atoms. The van der Waals surface area contributed by atoms with E-state index in [2.05, 4.69) is 150 Å². The smallest absolute Gasteiger partial charge is 0.0702 e. The largest absolute Gasteiger partial charge is 0.309 e. The van der Waals surface area contributed by atoms with E-state index in [0.717, 1.165) is 11.3 Å². The third kappa shape index (κ3) is 3.88. The second-order valence-corrected chi connectivity index (χ2v) is 9.80. The maximum Gasteiger partial charge on any atom is 0.0702 e. The van der Waals surface area contributed by atoms with Crippen LogP contribution in [0.2, 0.25) is 0 Å². The Kier molecular flexibility index (Phi) is 5.37. The first-order valence-electron chi connectivity index (χ1n) is 13.0. The molecular weight excluding hydrogens is 460 g/mol. The molecule has 0 saturated heterocycles. The summed E-state index contributed by atoms with van der Waals surface area (Å²) in [6.45, 7) is 2.06. The highest BCUT2D eigenvalue weighted by molar-refractivity contribution is 6.10. The van der Waals surface area contributed by atoms with Crippen LogP contribution in [0, 0.1) is 6.92 Å². The number of para-hydroxylation sites is 2. The zero-order chi connectivity index (χ0) is 25.5. The summed E-state index contributed by atoms with van der Waals surface area (Å²) in [7, 11) is 0.